The van der Waals surface area contributed by atoms with Gasteiger partial charge in [-0.05, 0) is 6.42 Å². The zero-order valence-electron chi connectivity index (χ0n) is 15.8. The summed E-state index contributed by atoms with van der Waals surface area (Å²) in [6.07, 6.45) is -3.20. The highest BCUT2D eigenvalue weighted by atomic mass is 32.1. The van der Waals surface area contributed by atoms with E-state index in [0.29, 0.717) is 47.1 Å². The number of thiazole rings is 1. The number of hydrogen-bond acceptors (Lipinski definition) is 7. The Kier molecular flexibility index (Phi) is 5.93. The molecule has 0 saturated heterocycles. The van der Waals surface area contributed by atoms with E-state index < -0.39 is 11.2 Å². The maximum atomic E-state index is 12.9. The average Bonchev–Trinajstić information content (AvgIpc) is 3.12. The van der Waals surface area contributed by atoms with Gasteiger partial charge in [-0.3, -0.25) is 4.79 Å². The van der Waals surface area contributed by atoms with E-state index >= 15 is 0 Å². The van der Waals surface area contributed by atoms with Crippen molar-refractivity contribution >= 4 is 28.7 Å². The molecule has 0 aliphatic carbocycles. The number of anilines is 2. The van der Waals surface area contributed by atoms with Crippen LogP contribution in [-0.2, 0) is 23.9 Å². The number of pyridine rings is 1. The molecule has 154 valence electrons. The van der Waals surface area contributed by atoms with Crippen LogP contribution < -0.4 is 15.0 Å². The van der Waals surface area contributed by atoms with Crippen molar-refractivity contribution < 1.29 is 22.7 Å². The van der Waals surface area contributed by atoms with Gasteiger partial charge in [-0.25, -0.2) is 4.98 Å². The molecule has 0 radical (unpaired) electrons. The van der Waals surface area contributed by atoms with Crippen LogP contribution in [0.1, 0.15) is 40.9 Å². The lowest BCUT2D eigenvalue weighted by molar-refractivity contribution is -0.137. The Morgan fingerprint density at radius 1 is 1.45 bits per heavy atom. The maximum absolute atomic E-state index is 12.9. The standard InChI is InChI=1S/C18H18F3N5O2S/c1-3-4-14(27)25-15-10(8-22)7-13(24-16(15)28-2)26-6-5-11-12(9-26)29-17(23-11)18(19,20)21/h7H,3-6,9H2,1-2H3,(H,25,27). The van der Waals surface area contributed by atoms with Crippen LogP contribution in [0.3, 0.4) is 0 Å². The lowest BCUT2D eigenvalue weighted by atomic mass is 10.1. The van der Waals surface area contributed by atoms with Gasteiger partial charge in [0.1, 0.15) is 17.6 Å². The monoisotopic (exact) mass is 425 g/mol. The van der Waals surface area contributed by atoms with Crippen LogP contribution in [0, 0.1) is 11.3 Å². The third-order valence-electron chi connectivity index (χ3n) is 4.33. The molecule has 0 unspecified atom stereocenters. The molecule has 1 aliphatic rings. The van der Waals surface area contributed by atoms with Crippen molar-refractivity contribution in [2.45, 2.75) is 38.9 Å². The van der Waals surface area contributed by atoms with E-state index in [2.05, 4.69) is 15.3 Å². The summed E-state index contributed by atoms with van der Waals surface area (Å²) in [6, 6.07) is 3.52. The van der Waals surface area contributed by atoms with E-state index in [1.54, 1.807) is 4.90 Å². The highest BCUT2D eigenvalue weighted by Gasteiger charge is 2.37. The first-order valence-electron chi connectivity index (χ1n) is 8.86. The highest BCUT2D eigenvalue weighted by Crippen LogP contribution is 2.38. The Morgan fingerprint density at radius 2 is 2.21 bits per heavy atom. The van der Waals surface area contributed by atoms with Gasteiger partial charge in [0.25, 0.3) is 0 Å². The number of nitriles is 1. The zero-order chi connectivity index (χ0) is 21.2. The second kappa shape index (κ2) is 8.24. The van der Waals surface area contributed by atoms with Crippen LogP contribution in [0.5, 0.6) is 5.88 Å². The number of hydrogen-bond donors (Lipinski definition) is 1. The molecular formula is C18H18F3N5O2S. The molecule has 0 bridgehead atoms. The van der Waals surface area contributed by atoms with Crippen molar-refractivity contribution in [3.05, 3.63) is 27.2 Å². The van der Waals surface area contributed by atoms with Gasteiger partial charge in [-0.15, -0.1) is 11.3 Å². The number of nitrogens with one attached hydrogen (secondary N) is 1. The Balaban J connectivity index is 1.91. The summed E-state index contributed by atoms with van der Waals surface area (Å²) in [4.78, 5) is 22.3. The summed E-state index contributed by atoms with van der Waals surface area (Å²) >= 11 is 0.619. The minimum absolute atomic E-state index is 0.0783. The maximum Gasteiger partial charge on any atom is 0.443 e. The first kappa shape index (κ1) is 20.9. The molecule has 1 aliphatic heterocycles. The molecule has 1 N–H and O–H groups in total. The normalized spacial score (nSPS) is 13.6. The summed E-state index contributed by atoms with van der Waals surface area (Å²) in [5, 5.41) is 11.3. The molecule has 7 nitrogen and oxygen atoms in total. The van der Waals surface area contributed by atoms with Crippen LogP contribution in [0.15, 0.2) is 6.07 Å². The molecular weight excluding hydrogens is 407 g/mol. The van der Waals surface area contributed by atoms with Gasteiger partial charge in [0.15, 0.2) is 5.01 Å². The van der Waals surface area contributed by atoms with Gasteiger partial charge in [0.2, 0.25) is 11.8 Å². The van der Waals surface area contributed by atoms with Gasteiger partial charge in [-0.1, -0.05) is 6.92 Å². The summed E-state index contributed by atoms with van der Waals surface area (Å²) < 4.78 is 44.0. The van der Waals surface area contributed by atoms with Crippen molar-refractivity contribution in [2.75, 3.05) is 23.9 Å². The first-order valence-corrected chi connectivity index (χ1v) is 9.68. The third kappa shape index (κ3) is 4.42. The van der Waals surface area contributed by atoms with E-state index in [-0.39, 0.29) is 36.0 Å². The number of ether oxygens (including phenoxy) is 1. The Bertz CT molecular complexity index is 968. The molecule has 29 heavy (non-hydrogen) atoms. The first-order chi connectivity index (χ1) is 13.8. The molecule has 0 aromatic carbocycles. The molecule has 0 fully saturated rings. The molecule has 0 atom stereocenters. The number of methoxy groups -OCH3 is 1. The largest absolute Gasteiger partial charge is 0.479 e. The minimum atomic E-state index is -4.47. The van der Waals surface area contributed by atoms with Gasteiger partial charge < -0.3 is 15.0 Å². The van der Waals surface area contributed by atoms with Crippen LogP contribution in [0.4, 0.5) is 24.7 Å². The number of carbonyl (C=O) groups is 1. The van der Waals surface area contributed by atoms with Crippen molar-refractivity contribution in [1.29, 1.82) is 5.26 Å². The number of fused-ring (bicyclic) bond motifs is 1. The quantitative estimate of drug-likeness (QED) is 0.785. The summed E-state index contributed by atoms with van der Waals surface area (Å²) in [5.74, 6) is 0.206. The molecule has 0 saturated carbocycles. The van der Waals surface area contributed by atoms with Crippen molar-refractivity contribution in [3.63, 3.8) is 0 Å². The second-order valence-electron chi connectivity index (χ2n) is 6.38. The fraction of sp³-hybridized carbons (Fsp3) is 0.444. The molecule has 3 rings (SSSR count). The lowest BCUT2D eigenvalue weighted by Crippen LogP contribution is -2.30. The van der Waals surface area contributed by atoms with Gasteiger partial charge in [-0.2, -0.15) is 23.4 Å². The summed E-state index contributed by atoms with van der Waals surface area (Å²) in [6.45, 7) is 2.46. The van der Waals surface area contributed by atoms with E-state index in [9.17, 15) is 23.2 Å². The van der Waals surface area contributed by atoms with Gasteiger partial charge >= 0.3 is 6.18 Å². The van der Waals surface area contributed by atoms with Gasteiger partial charge in [0, 0.05) is 30.3 Å². The predicted molar refractivity (Wildman–Crippen MR) is 101 cm³/mol. The third-order valence-corrected chi connectivity index (χ3v) is 5.45. The van der Waals surface area contributed by atoms with Crippen molar-refractivity contribution in [3.8, 4) is 11.9 Å². The summed E-state index contributed by atoms with van der Waals surface area (Å²) in [5.41, 5.74) is 0.795. The molecule has 2 aromatic rings. The smallest absolute Gasteiger partial charge is 0.443 e. The number of nitrogens with zero attached hydrogens (tertiary/aromatic N) is 4. The Hall–Kier alpha value is -2.87. The number of halogens is 3. The number of carbonyl (C=O) groups excluding carboxylic acids is 1. The second-order valence-corrected chi connectivity index (χ2v) is 7.46. The Morgan fingerprint density at radius 3 is 2.83 bits per heavy atom. The average molecular weight is 425 g/mol. The number of amides is 1. The fourth-order valence-corrected chi connectivity index (χ4v) is 3.96. The van der Waals surface area contributed by atoms with Crippen LogP contribution in [-0.4, -0.2) is 29.5 Å². The molecule has 2 aromatic heterocycles. The lowest BCUT2D eigenvalue weighted by Gasteiger charge is -2.28. The van der Waals surface area contributed by atoms with Crippen LogP contribution in [0.25, 0.3) is 0 Å². The number of alkyl halides is 3. The van der Waals surface area contributed by atoms with Crippen molar-refractivity contribution in [1.82, 2.24) is 9.97 Å². The Labute approximate surface area is 169 Å². The summed E-state index contributed by atoms with van der Waals surface area (Å²) in [7, 11) is 1.37. The predicted octanol–water partition coefficient (Wildman–Crippen LogP) is 3.74. The fourth-order valence-electron chi connectivity index (χ4n) is 2.97. The zero-order valence-corrected chi connectivity index (χ0v) is 16.6. The van der Waals surface area contributed by atoms with E-state index in [1.807, 2.05) is 13.0 Å². The van der Waals surface area contributed by atoms with E-state index in [1.165, 1.54) is 13.2 Å². The SMILES string of the molecule is CCCC(=O)Nc1c(C#N)cc(N2CCc3nc(C(F)(F)F)sc3C2)nc1OC. The van der Waals surface area contributed by atoms with Crippen molar-refractivity contribution in [2.24, 2.45) is 0 Å². The molecule has 0 spiro atoms. The van der Waals surface area contributed by atoms with E-state index in [0.717, 1.165) is 0 Å². The number of rotatable bonds is 5. The highest BCUT2D eigenvalue weighted by molar-refractivity contribution is 7.11. The minimum Gasteiger partial charge on any atom is -0.479 e. The molecule has 1 amide bonds. The van der Waals surface area contributed by atoms with Crippen LogP contribution in [0.2, 0.25) is 0 Å². The van der Waals surface area contributed by atoms with Gasteiger partial charge in [0.05, 0.1) is 24.9 Å². The molecule has 3 heterocycles. The molecule has 11 heteroatoms. The topological polar surface area (TPSA) is 91.1 Å². The van der Waals surface area contributed by atoms with E-state index in [4.69, 9.17) is 4.74 Å². The van der Waals surface area contributed by atoms with Crippen LogP contribution >= 0.6 is 11.3 Å². The number of aromatic nitrogens is 2.